The van der Waals surface area contributed by atoms with Crippen LogP contribution in [0.1, 0.15) is 13.3 Å². The number of fused-ring (bicyclic) bond motifs is 1. The molecule has 0 bridgehead atoms. The Balaban J connectivity index is 2.19. The highest BCUT2D eigenvalue weighted by molar-refractivity contribution is 7.98. The summed E-state index contributed by atoms with van der Waals surface area (Å²) in [7, 11) is 0. The van der Waals surface area contributed by atoms with Gasteiger partial charge in [0.15, 0.2) is 0 Å². The van der Waals surface area contributed by atoms with Crippen molar-refractivity contribution in [2.24, 2.45) is 0 Å². The van der Waals surface area contributed by atoms with Crippen molar-refractivity contribution in [1.82, 2.24) is 15.0 Å². The lowest BCUT2D eigenvalue weighted by Gasteiger charge is -2.09. The lowest BCUT2D eigenvalue weighted by molar-refractivity contribution is 0.289. The summed E-state index contributed by atoms with van der Waals surface area (Å²) < 4.78 is 1.36. The second kappa shape index (κ2) is 5.97. The van der Waals surface area contributed by atoms with Gasteiger partial charge >= 0.3 is 0 Å². The van der Waals surface area contributed by atoms with Crippen LogP contribution in [0.2, 0.25) is 0 Å². The van der Waals surface area contributed by atoms with E-state index in [4.69, 9.17) is 5.11 Å². The van der Waals surface area contributed by atoms with Crippen LogP contribution >= 0.6 is 11.8 Å². The summed E-state index contributed by atoms with van der Waals surface area (Å²) >= 11 is 1.58. The van der Waals surface area contributed by atoms with Gasteiger partial charge < -0.3 is 5.11 Å². The molecule has 0 saturated heterocycles. The van der Waals surface area contributed by atoms with Crippen LogP contribution in [0.5, 0.6) is 0 Å². The van der Waals surface area contributed by atoms with E-state index >= 15 is 0 Å². The number of aliphatic hydroxyl groups is 1. The minimum atomic E-state index is -0.121. The fourth-order valence-corrected chi connectivity index (χ4v) is 2.41. The lowest BCUT2D eigenvalue weighted by Crippen LogP contribution is -2.24. The van der Waals surface area contributed by atoms with E-state index in [1.165, 1.54) is 4.68 Å². The molecule has 0 amide bonds. The first-order chi connectivity index (χ1) is 8.72. The van der Waals surface area contributed by atoms with E-state index in [0.717, 1.165) is 0 Å². The van der Waals surface area contributed by atoms with Crippen LogP contribution < -0.4 is 5.56 Å². The molecule has 18 heavy (non-hydrogen) atoms. The predicted octanol–water partition coefficient (Wildman–Crippen LogP) is 1.25. The second-order valence-electron chi connectivity index (χ2n) is 4.03. The molecule has 5 nitrogen and oxygen atoms in total. The number of hydrogen-bond donors (Lipinski definition) is 1. The molecule has 6 heteroatoms. The zero-order valence-corrected chi connectivity index (χ0v) is 10.9. The van der Waals surface area contributed by atoms with Gasteiger partial charge in [-0.2, -0.15) is 0 Å². The lowest BCUT2D eigenvalue weighted by atomic mass is 10.2. The Hall–Kier alpha value is -1.40. The van der Waals surface area contributed by atoms with Crippen LogP contribution in [-0.4, -0.2) is 32.0 Å². The average Bonchev–Trinajstić information content (AvgIpc) is 2.39. The molecule has 1 aromatic carbocycles. The number of aromatic nitrogens is 3. The van der Waals surface area contributed by atoms with Crippen LogP contribution in [0.4, 0.5) is 0 Å². The predicted molar refractivity (Wildman–Crippen MR) is 72.6 cm³/mol. The zero-order valence-electron chi connectivity index (χ0n) is 10.1. The third-order valence-electron chi connectivity index (χ3n) is 2.65. The van der Waals surface area contributed by atoms with Crippen LogP contribution in [-0.2, 0) is 5.88 Å². The van der Waals surface area contributed by atoms with Gasteiger partial charge in [-0.15, -0.1) is 16.9 Å². The SMILES string of the molecule is CC(CCO)SCn1nnc2ccccc2c1=O. The van der Waals surface area contributed by atoms with Gasteiger partial charge in [0.2, 0.25) is 0 Å². The van der Waals surface area contributed by atoms with Gasteiger partial charge in [-0.25, -0.2) is 4.68 Å². The number of rotatable bonds is 5. The van der Waals surface area contributed by atoms with Crippen molar-refractivity contribution in [3.8, 4) is 0 Å². The van der Waals surface area contributed by atoms with Gasteiger partial charge in [0.25, 0.3) is 5.56 Å². The Morgan fingerprint density at radius 3 is 3.00 bits per heavy atom. The molecule has 0 saturated carbocycles. The first kappa shape index (κ1) is 13.0. The monoisotopic (exact) mass is 265 g/mol. The summed E-state index contributed by atoms with van der Waals surface area (Å²) in [6.45, 7) is 2.17. The first-order valence-electron chi connectivity index (χ1n) is 5.77. The Morgan fingerprint density at radius 2 is 2.22 bits per heavy atom. The smallest absolute Gasteiger partial charge is 0.278 e. The van der Waals surface area contributed by atoms with Crippen molar-refractivity contribution in [2.45, 2.75) is 24.5 Å². The number of hydrogen-bond acceptors (Lipinski definition) is 5. The van der Waals surface area contributed by atoms with Crippen LogP contribution in [0.3, 0.4) is 0 Å². The van der Waals surface area contributed by atoms with Crippen LogP contribution in [0.15, 0.2) is 29.1 Å². The topological polar surface area (TPSA) is 68.0 Å². The van der Waals surface area contributed by atoms with E-state index in [0.29, 0.717) is 23.2 Å². The minimum absolute atomic E-state index is 0.121. The molecule has 0 aliphatic heterocycles. The van der Waals surface area contributed by atoms with E-state index < -0.39 is 0 Å². The molecule has 0 fully saturated rings. The number of thioether (sulfide) groups is 1. The summed E-state index contributed by atoms with van der Waals surface area (Å²) in [5.74, 6) is 0.456. The van der Waals surface area contributed by atoms with E-state index in [1.807, 2.05) is 19.1 Å². The summed E-state index contributed by atoms with van der Waals surface area (Å²) in [5, 5.41) is 17.6. The molecule has 2 aromatic rings. The molecule has 96 valence electrons. The maximum atomic E-state index is 12.1. The number of nitrogens with zero attached hydrogens (tertiary/aromatic N) is 3. The maximum absolute atomic E-state index is 12.1. The molecule has 0 aliphatic carbocycles. The summed E-state index contributed by atoms with van der Waals surface area (Å²) in [5.41, 5.74) is 0.497. The molecule has 2 rings (SSSR count). The fraction of sp³-hybridized carbons (Fsp3) is 0.417. The van der Waals surface area contributed by atoms with Crippen LogP contribution in [0, 0.1) is 0 Å². The normalized spacial score (nSPS) is 12.8. The van der Waals surface area contributed by atoms with Crippen molar-refractivity contribution in [1.29, 1.82) is 0 Å². The Labute approximate surface area is 109 Å². The maximum Gasteiger partial charge on any atom is 0.278 e. The van der Waals surface area contributed by atoms with Crippen molar-refractivity contribution < 1.29 is 5.11 Å². The molecular formula is C12H15N3O2S. The van der Waals surface area contributed by atoms with Gasteiger partial charge in [0.1, 0.15) is 5.52 Å². The van der Waals surface area contributed by atoms with Gasteiger partial charge in [-0.1, -0.05) is 24.3 Å². The average molecular weight is 265 g/mol. The number of benzene rings is 1. The Morgan fingerprint density at radius 1 is 1.44 bits per heavy atom. The summed E-state index contributed by atoms with van der Waals surface area (Å²) in [6, 6.07) is 7.18. The molecular weight excluding hydrogens is 250 g/mol. The van der Waals surface area contributed by atoms with Crippen molar-refractivity contribution in [3.63, 3.8) is 0 Å². The first-order valence-corrected chi connectivity index (χ1v) is 6.82. The fourth-order valence-electron chi connectivity index (χ4n) is 1.57. The van der Waals surface area contributed by atoms with E-state index in [2.05, 4.69) is 10.3 Å². The second-order valence-corrected chi connectivity index (χ2v) is 5.43. The highest BCUT2D eigenvalue weighted by Crippen LogP contribution is 2.14. The van der Waals surface area contributed by atoms with Gasteiger partial charge in [-0.3, -0.25) is 4.79 Å². The molecule has 0 aliphatic rings. The quantitative estimate of drug-likeness (QED) is 0.881. The van der Waals surface area contributed by atoms with E-state index in [1.54, 1.807) is 23.9 Å². The van der Waals surface area contributed by atoms with Crippen molar-refractivity contribution in [3.05, 3.63) is 34.6 Å². The van der Waals surface area contributed by atoms with Crippen molar-refractivity contribution in [2.75, 3.05) is 6.61 Å². The minimum Gasteiger partial charge on any atom is -0.396 e. The third-order valence-corrected chi connectivity index (χ3v) is 3.84. The van der Waals surface area contributed by atoms with Gasteiger partial charge in [-0.05, 0) is 18.6 Å². The largest absolute Gasteiger partial charge is 0.396 e. The number of aliphatic hydroxyl groups excluding tert-OH is 1. The highest BCUT2D eigenvalue weighted by atomic mass is 32.2. The van der Waals surface area contributed by atoms with E-state index in [-0.39, 0.29) is 17.4 Å². The van der Waals surface area contributed by atoms with Gasteiger partial charge in [0, 0.05) is 11.9 Å². The van der Waals surface area contributed by atoms with Crippen LogP contribution in [0.25, 0.3) is 10.9 Å². The molecule has 1 aromatic heterocycles. The molecule has 1 atom stereocenters. The molecule has 1 N–H and O–H groups in total. The Bertz CT molecular complexity index is 585. The summed E-state index contributed by atoms with van der Waals surface area (Å²) in [4.78, 5) is 12.1. The molecule has 0 radical (unpaired) electrons. The van der Waals surface area contributed by atoms with Crippen molar-refractivity contribution >= 4 is 22.7 Å². The Kier molecular flexibility index (Phi) is 4.33. The highest BCUT2D eigenvalue weighted by Gasteiger charge is 2.07. The van der Waals surface area contributed by atoms with Gasteiger partial charge in [0.05, 0.1) is 11.3 Å². The third kappa shape index (κ3) is 2.88. The summed E-state index contributed by atoms with van der Waals surface area (Å²) in [6.07, 6.45) is 0.709. The zero-order chi connectivity index (χ0) is 13.0. The van der Waals surface area contributed by atoms with E-state index in [9.17, 15) is 4.79 Å². The standard InChI is InChI=1S/C12H15N3O2S/c1-9(6-7-16)18-8-15-12(17)10-4-2-3-5-11(10)13-14-15/h2-5,9,16H,6-8H2,1H3. The molecule has 1 unspecified atom stereocenters. The molecule has 0 spiro atoms. The molecule has 1 heterocycles.